The minimum atomic E-state index is -0.358. The smallest absolute Gasteiger partial charge is 0.252 e. The fourth-order valence-corrected chi connectivity index (χ4v) is 3.97. The summed E-state index contributed by atoms with van der Waals surface area (Å²) in [6.45, 7) is 0. The van der Waals surface area contributed by atoms with Crippen molar-refractivity contribution in [3.8, 4) is 0 Å². The van der Waals surface area contributed by atoms with E-state index in [1.165, 1.54) is 24.2 Å². The van der Waals surface area contributed by atoms with Crippen LogP contribution in [0.5, 0.6) is 0 Å². The summed E-state index contributed by atoms with van der Waals surface area (Å²) in [6, 6.07) is 1.77. The molecular formula is C16H21N5OS. The minimum Gasteiger partial charge on any atom is -0.343 e. The third-order valence-corrected chi connectivity index (χ3v) is 5.67. The highest BCUT2D eigenvalue weighted by Gasteiger charge is 2.42. The standard InChI is InChI=1S/C16H21N5OS/c17-16(6-7-16)21-9-13(19-20-21)14(11-3-1-2-4-11)18-15(22)12-5-8-23-10-12/h5,8-11,14H,1-4,6-7,17H2,(H,18,22). The Bertz CT molecular complexity index is 685. The van der Waals surface area contributed by atoms with Gasteiger partial charge >= 0.3 is 0 Å². The Morgan fingerprint density at radius 1 is 1.43 bits per heavy atom. The number of amides is 1. The molecule has 122 valence electrons. The summed E-state index contributed by atoms with van der Waals surface area (Å²) < 4.78 is 1.76. The van der Waals surface area contributed by atoms with Gasteiger partial charge in [0.25, 0.3) is 5.91 Å². The molecule has 2 aliphatic carbocycles. The van der Waals surface area contributed by atoms with Crippen LogP contribution in [0.15, 0.2) is 23.0 Å². The molecule has 0 aliphatic heterocycles. The van der Waals surface area contributed by atoms with Crippen LogP contribution in [0.3, 0.4) is 0 Å². The molecule has 2 aromatic rings. The van der Waals surface area contributed by atoms with E-state index in [9.17, 15) is 4.79 Å². The SMILES string of the molecule is NC1(n2cc(C(NC(=O)c3ccsc3)C3CCCC3)nn2)CC1. The van der Waals surface area contributed by atoms with Crippen molar-refractivity contribution in [3.05, 3.63) is 34.3 Å². The molecule has 0 saturated heterocycles. The van der Waals surface area contributed by atoms with Gasteiger partial charge in [-0.1, -0.05) is 18.1 Å². The monoisotopic (exact) mass is 331 g/mol. The Morgan fingerprint density at radius 2 is 2.22 bits per heavy atom. The van der Waals surface area contributed by atoms with Crippen LogP contribution >= 0.6 is 11.3 Å². The van der Waals surface area contributed by atoms with E-state index in [-0.39, 0.29) is 17.6 Å². The Kier molecular flexibility index (Phi) is 3.69. The molecule has 2 aliphatic rings. The zero-order valence-corrected chi connectivity index (χ0v) is 13.8. The predicted octanol–water partition coefficient (Wildman–Crippen LogP) is 2.41. The van der Waals surface area contributed by atoms with Gasteiger partial charge < -0.3 is 11.1 Å². The lowest BCUT2D eigenvalue weighted by atomic mass is 9.95. The zero-order chi connectivity index (χ0) is 15.9. The average Bonchev–Trinajstić information content (AvgIpc) is 3.12. The van der Waals surface area contributed by atoms with Crippen LogP contribution in [0.4, 0.5) is 0 Å². The van der Waals surface area contributed by atoms with Gasteiger partial charge in [-0.05, 0) is 43.0 Å². The van der Waals surface area contributed by atoms with Crippen molar-refractivity contribution in [3.63, 3.8) is 0 Å². The van der Waals surface area contributed by atoms with Crippen LogP contribution in [0.2, 0.25) is 0 Å². The maximum Gasteiger partial charge on any atom is 0.252 e. The molecule has 2 heterocycles. The third-order valence-electron chi connectivity index (χ3n) is 4.99. The summed E-state index contributed by atoms with van der Waals surface area (Å²) in [6.07, 6.45) is 8.46. The van der Waals surface area contributed by atoms with Crippen LogP contribution in [0.1, 0.15) is 60.6 Å². The molecule has 23 heavy (non-hydrogen) atoms. The summed E-state index contributed by atoms with van der Waals surface area (Å²) in [5.41, 5.74) is 7.37. The van der Waals surface area contributed by atoms with Gasteiger partial charge in [-0.25, -0.2) is 4.68 Å². The number of thiophene rings is 1. The number of carbonyl (C=O) groups is 1. The normalized spacial score (nSPS) is 21.3. The molecule has 0 aromatic carbocycles. The van der Waals surface area contributed by atoms with E-state index in [0.29, 0.717) is 11.5 Å². The van der Waals surface area contributed by atoms with Gasteiger partial charge in [-0.3, -0.25) is 4.79 Å². The average molecular weight is 331 g/mol. The molecule has 4 rings (SSSR count). The summed E-state index contributed by atoms with van der Waals surface area (Å²) in [7, 11) is 0. The first-order valence-electron chi connectivity index (χ1n) is 8.20. The second-order valence-electron chi connectivity index (χ2n) is 6.70. The van der Waals surface area contributed by atoms with Crippen LogP contribution in [0, 0.1) is 5.92 Å². The van der Waals surface area contributed by atoms with Crippen molar-refractivity contribution in [1.82, 2.24) is 20.3 Å². The van der Waals surface area contributed by atoms with Crippen LogP contribution < -0.4 is 11.1 Å². The van der Waals surface area contributed by atoms with Crippen molar-refractivity contribution in [1.29, 1.82) is 0 Å². The highest BCUT2D eigenvalue weighted by atomic mass is 32.1. The molecule has 3 N–H and O–H groups in total. The van der Waals surface area contributed by atoms with E-state index in [2.05, 4.69) is 15.6 Å². The molecule has 2 fully saturated rings. The van der Waals surface area contributed by atoms with Crippen LogP contribution in [-0.4, -0.2) is 20.9 Å². The lowest BCUT2D eigenvalue weighted by Crippen LogP contribution is -2.33. The predicted molar refractivity (Wildman–Crippen MR) is 87.9 cm³/mol. The second kappa shape index (κ2) is 5.72. The molecular weight excluding hydrogens is 310 g/mol. The quantitative estimate of drug-likeness (QED) is 0.881. The number of hydrogen-bond acceptors (Lipinski definition) is 5. The fourth-order valence-electron chi connectivity index (χ4n) is 3.34. The highest BCUT2D eigenvalue weighted by molar-refractivity contribution is 7.08. The van der Waals surface area contributed by atoms with Gasteiger partial charge in [0.1, 0.15) is 11.4 Å². The van der Waals surface area contributed by atoms with Gasteiger partial charge in [0.05, 0.1) is 17.8 Å². The van der Waals surface area contributed by atoms with Crippen molar-refractivity contribution < 1.29 is 4.79 Å². The van der Waals surface area contributed by atoms with Gasteiger partial charge in [0.15, 0.2) is 0 Å². The van der Waals surface area contributed by atoms with E-state index in [4.69, 9.17) is 5.73 Å². The molecule has 1 amide bonds. The maximum absolute atomic E-state index is 12.5. The number of hydrogen-bond donors (Lipinski definition) is 2. The molecule has 0 radical (unpaired) electrons. The van der Waals surface area contributed by atoms with Crippen LogP contribution in [-0.2, 0) is 5.66 Å². The lowest BCUT2D eigenvalue weighted by Gasteiger charge is -2.22. The first kappa shape index (κ1) is 14.8. The van der Waals surface area contributed by atoms with Crippen LogP contribution in [0.25, 0.3) is 0 Å². The molecule has 7 heteroatoms. The van der Waals surface area contributed by atoms with E-state index in [1.54, 1.807) is 4.68 Å². The Balaban J connectivity index is 1.57. The number of rotatable bonds is 5. The number of aromatic nitrogens is 3. The van der Waals surface area contributed by atoms with E-state index in [1.807, 2.05) is 23.0 Å². The molecule has 1 atom stereocenters. The fraction of sp³-hybridized carbons (Fsp3) is 0.562. The van der Waals surface area contributed by atoms with Crippen molar-refractivity contribution in [2.45, 2.75) is 50.2 Å². The second-order valence-corrected chi connectivity index (χ2v) is 7.48. The van der Waals surface area contributed by atoms with Gasteiger partial charge in [0.2, 0.25) is 0 Å². The molecule has 2 aromatic heterocycles. The Hall–Kier alpha value is -1.73. The van der Waals surface area contributed by atoms with E-state index in [0.717, 1.165) is 31.4 Å². The maximum atomic E-state index is 12.5. The lowest BCUT2D eigenvalue weighted by molar-refractivity contribution is 0.0921. The third kappa shape index (κ3) is 2.90. The first-order chi connectivity index (χ1) is 11.2. The summed E-state index contributed by atoms with van der Waals surface area (Å²) >= 11 is 1.53. The van der Waals surface area contributed by atoms with Gasteiger partial charge in [0, 0.05) is 5.38 Å². The highest BCUT2D eigenvalue weighted by Crippen LogP contribution is 2.39. The first-order valence-corrected chi connectivity index (χ1v) is 9.15. The minimum absolute atomic E-state index is 0.0356. The topological polar surface area (TPSA) is 85.8 Å². The van der Waals surface area contributed by atoms with Crippen molar-refractivity contribution in [2.75, 3.05) is 0 Å². The largest absolute Gasteiger partial charge is 0.343 e. The van der Waals surface area contributed by atoms with Crippen molar-refractivity contribution in [2.24, 2.45) is 11.7 Å². The summed E-state index contributed by atoms with van der Waals surface area (Å²) in [5.74, 6) is 0.391. The number of nitrogens with one attached hydrogen (secondary N) is 1. The molecule has 2 saturated carbocycles. The zero-order valence-electron chi connectivity index (χ0n) is 12.9. The molecule has 0 bridgehead atoms. The molecule has 1 unspecified atom stereocenters. The number of carbonyl (C=O) groups excluding carboxylic acids is 1. The number of nitrogens with two attached hydrogens (primary N) is 1. The van der Waals surface area contributed by atoms with Crippen molar-refractivity contribution >= 4 is 17.2 Å². The Labute approximate surface area is 139 Å². The summed E-state index contributed by atoms with van der Waals surface area (Å²) in [4.78, 5) is 12.5. The van der Waals surface area contributed by atoms with E-state index < -0.39 is 0 Å². The number of nitrogens with zero attached hydrogens (tertiary/aromatic N) is 3. The molecule has 0 spiro atoms. The van der Waals surface area contributed by atoms with Gasteiger partial charge in [-0.15, -0.1) is 5.10 Å². The Morgan fingerprint density at radius 3 is 2.87 bits per heavy atom. The van der Waals surface area contributed by atoms with E-state index >= 15 is 0 Å². The molecule has 6 nitrogen and oxygen atoms in total. The summed E-state index contributed by atoms with van der Waals surface area (Å²) in [5, 5.41) is 15.5. The van der Waals surface area contributed by atoms with Gasteiger partial charge in [-0.2, -0.15) is 11.3 Å².